The van der Waals surface area contributed by atoms with E-state index in [1.165, 1.54) is 6.07 Å². The van der Waals surface area contributed by atoms with E-state index in [2.05, 4.69) is 0 Å². The van der Waals surface area contributed by atoms with Crippen LogP contribution in [0.4, 0.5) is 14.5 Å². The zero-order valence-corrected chi connectivity index (χ0v) is 10.1. The van der Waals surface area contributed by atoms with Gasteiger partial charge in [0.2, 0.25) is 0 Å². The molecule has 0 aromatic heterocycles. The van der Waals surface area contributed by atoms with E-state index in [0.29, 0.717) is 6.54 Å². The largest absolute Gasteiger partial charge is 0.478 e. The van der Waals surface area contributed by atoms with Gasteiger partial charge in [-0.05, 0) is 31.4 Å². The Bertz CT molecular complexity index is 472. The first kappa shape index (κ1) is 12.8. The molecule has 0 radical (unpaired) electrons. The highest BCUT2D eigenvalue weighted by Crippen LogP contribution is 2.34. The molecular weight excluding hydrogens is 240 g/mol. The van der Waals surface area contributed by atoms with E-state index in [9.17, 15) is 13.6 Å². The second-order valence-corrected chi connectivity index (χ2v) is 4.49. The monoisotopic (exact) mass is 255 g/mol. The Hall–Kier alpha value is -1.65. The Labute approximate surface area is 104 Å². The zero-order valence-electron chi connectivity index (χ0n) is 10.1. The van der Waals surface area contributed by atoms with Crippen LogP contribution in [-0.4, -0.2) is 23.7 Å². The van der Waals surface area contributed by atoms with Crippen molar-refractivity contribution in [2.24, 2.45) is 0 Å². The Morgan fingerprint density at radius 2 is 2.06 bits per heavy atom. The molecule has 98 valence electrons. The summed E-state index contributed by atoms with van der Waals surface area (Å²) < 4.78 is 27.5. The first-order valence-corrected chi connectivity index (χ1v) is 6.04. The number of carboxylic acids is 1. The number of carbonyl (C=O) groups is 1. The normalized spacial score (nSPS) is 14.6. The Morgan fingerprint density at radius 3 is 2.56 bits per heavy atom. The summed E-state index contributed by atoms with van der Waals surface area (Å²) in [7, 11) is 0. The molecule has 1 aromatic carbocycles. The van der Waals surface area contributed by atoms with Gasteiger partial charge in [0.05, 0.1) is 11.3 Å². The van der Waals surface area contributed by atoms with Crippen LogP contribution in [0.25, 0.3) is 0 Å². The molecule has 1 saturated carbocycles. The van der Waals surface area contributed by atoms with E-state index in [1.807, 2.05) is 11.8 Å². The summed E-state index contributed by atoms with van der Waals surface area (Å²) >= 11 is 0. The van der Waals surface area contributed by atoms with Crippen LogP contribution in [0, 0.1) is 11.6 Å². The summed E-state index contributed by atoms with van der Waals surface area (Å²) in [5.74, 6) is -3.79. The van der Waals surface area contributed by atoms with Crippen molar-refractivity contribution in [3.05, 3.63) is 29.3 Å². The summed E-state index contributed by atoms with van der Waals surface area (Å²) in [5, 5.41) is 8.72. The van der Waals surface area contributed by atoms with Crippen molar-refractivity contribution in [2.45, 2.75) is 32.2 Å². The van der Waals surface area contributed by atoms with E-state index < -0.39 is 23.2 Å². The lowest BCUT2D eigenvalue weighted by atomic mass is 10.1. The molecule has 0 spiro atoms. The number of carboxylic acid groups (broad SMARTS) is 1. The third-order valence-corrected chi connectivity index (χ3v) is 3.05. The van der Waals surface area contributed by atoms with Gasteiger partial charge >= 0.3 is 5.97 Å². The molecule has 1 N–H and O–H groups in total. The van der Waals surface area contributed by atoms with E-state index >= 15 is 0 Å². The first-order chi connectivity index (χ1) is 8.56. The van der Waals surface area contributed by atoms with Crippen molar-refractivity contribution < 1.29 is 18.7 Å². The van der Waals surface area contributed by atoms with Gasteiger partial charge in [0, 0.05) is 12.6 Å². The maximum atomic E-state index is 13.9. The minimum atomic E-state index is -1.45. The molecule has 1 aliphatic rings. The highest BCUT2D eigenvalue weighted by molar-refractivity contribution is 5.88. The van der Waals surface area contributed by atoms with Crippen molar-refractivity contribution in [1.82, 2.24) is 0 Å². The van der Waals surface area contributed by atoms with Gasteiger partial charge in [-0.15, -0.1) is 0 Å². The van der Waals surface area contributed by atoms with Crippen molar-refractivity contribution in [3.63, 3.8) is 0 Å². The van der Waals surface area contributed by atoms with E-state index in [0.717, 1.165) is 25.3 Å². The summed E-state index contributed by atoms with van der Waals surface area (Å²) in [4.78, 5) is 12.5. The third kappa shape index (κ3) is 2.30. The molecule has 0 amide bonds. The van der Waals surface area contributed by atoms with Crippen LogP contribution < -0.4 is 4.90 Å². The lowest BCUT2D eigenvalue weighted by Gasteiger charge is -2.24. The van der Waals surface area contributed by atoms with Gasteiger partial charge in [0.1, 0.15) is 0 Å². The molecule has 0 heterocycles. The van der Waals surface area contributed by atoms with Gasteiger partial charge in [-0.1, -0.05) is 6.92 Å². The van der Waals surface area contributed by atoms with Gasteiger partial charge in [-0.2, -0.15) is 0 Å². The predicted molar refractivity (Wildman–Crippen MR) is 64.0 cm³/mol. The fourth-order valence-corrected chi connectivity index (χ4v) is 2.05. The maximum Gasteiger partial charge on any atom is 0.338 e. The van der Waals surface area contributed by atoms with E-state index in [-0.39, 0.29) is 11.7 Å². The fraction of sp³-hybridized carbons (Fsp3) is 0.462. The minimum Gasteiger partial charge on any atom is -0.478 e. The molecule has 0 atom stereocenters. The average Bonchev–Trinajstić information content (AvgIpc) is 3.14. The van der Waals surface area contributed by atoms with Crippen LogP contribution in [-0.2, 0) is 0 Å². The standard InChI is InChI=1S/C13H15F2NO2/c1-2-7-16(8-3-4-8)10-6-5-9(13(17)18)11(14)12(10)15/h5-6,8H,2-4,7H2,1H3,(H,17,18). The Balaban J connectivity index is 2.38. The number of aromatic carboxylic acids is 1. The number of hydrogen-bond donors (Lipinski definition) is 1. The topological polar surface area (TPSA) is 40.5 Å². The van der Waals surface area contributed by atoms with E-state index in [4.69, 9.17) is 5.11 Å². The molecule has 18 heavy (non-hydrogen) atoms. The molecule has 3 nitrogen and oxygen atoms in total. The maximum absolute atomic E-state index is 13.9. The minimum absolute atomic E-state index is 0.168. The van der Waals surface area contributed by atoms with Crippen LogP contribution in [0.1, 0.15) is 36.5 Å². The van der Waals surface area contributed by atoms with Gasteiger partial charge in [0.25, 0.3) is 0 Å². The van der Waals surface area contributed by atoms with Crippen molar-refractivity contribution in [3.8, 4) is 0 Å². The van der Waals surface area contributed by atoms with Crippen LogP contribution in [0.5, 0.6) is 0 Å². The molecule has 0 bridgehead atoms. The molecule has 5 heteroatoms. The van der Waals surface area contributed by atoms with Gasteiger partial charge < -0.3 is 10.0 Å². The molecule has 1 fully saturated rings. The second kappa shape index (κ2) is 4.92. The summed E-state index contributed by atoms with van der Waals surface area (Å²) in [6.07, 6.45) is 2.78. The molecule has 0 saturated heterocycles. The predicted octanol–water partition coefficient (Wildman–Crippen LogP) is 3.04. The van der Waals surface area contributed by atoms with Gasteiger partial charge in [-0.25, -0.2) is 13.6 Å². The first-order valence-electron chi connectivity index (χ1n) is 6.04. The summed E-state index contributed by atoms with van der Waals surface area (Å²) in [6.45, 7) is 2.61. The SMILES string of the molecule is CCCN(c1ccc(C(=O)O)c(F)c1F)C1CC1. The Kier molecular flexibility index (Phi) is 3.50. The number of halogens is 2. The molecule has 2 rings (SSSR count). The van der Waals surface area contributed by atoms with Crippen molar-refractivity contribution >= 4 is 11.7 Å². The lowest BCUT2D eigenvalue weighted by Crippen LogP contribution is -2.28. The van der Waals surface area contributed by atoms with E-state index in [1.54, 1.807) is 0 Å². The molecule has 1 aliphatic carbocycles. The fourth-order valence-electron chi connectivity index (χ4n) is 2.05. The summed E-state index contributed by atoms with van der Waals surface area (Å²) in [5.41, 5.74) is -0.453. The highest BCUT2D eigenvalue weighted by atomic mass is 19.2. The Morgan fingerprint density at radius 1 is 1.39 bits per heavy atom. The number of rotatable bonds is 5. The number of benzene rings is 1. The molecular formula is C13H15F2NO2. The highest BCUT2D eigenvalue weighted by Gasteiger charge is 2.31. The second-order valence-electron chi connectivity index (χ2n) is 4.49. The smallest absolute Gasteiger partial charge is 0.338 e. The molecule has 1 aromatic rings. The van der Waals surface area contributed by atoms with Gasteiger partial charge in [-0.3, -0.25) is 0 Å². The van der Waals surface area contributed by atoms with Crippen LogP contribution in [0.2, 0.25) is 0 Å². The average molecular weight is 255 g/mol. The van der Waals surface area contributed by atoms with Crippen molar-refractivity contribution in [1.29, 1.82) is 0 Å². The van der Waals surface area contributed by atoms with Gasteiger partial charge in [0.15, 0.2) is 11.6 Å². The third-order valence-electron chi connectivity index (χ3n) is 3.05. The molecule has 0 aliphatic heterocycles. The lowest BCUT2D eigenvalue weighted by molar-refractivity contribution is 0.0690. The molecule has 0 unspecified atom stereocenters. The van der Waals surface area contributed by atoms with Crippen LogP contribution in [0.3, 0.4) is 0 Å². The number of nitrogens with zero attached hydrogens (tertiary/aromatic N) is 1. The van der Waals surface area contributed by atoms with Crippen molar-refractivity contribution in [2.75, 3.05) is 11.4 Å². The number of hydrogen-bond acceptors (Lipinski definition) is 2. The zero-order chi connectivity index (χ0) is 13.3. The summed E-state index contributed by atoms with van der Waals surface area (Å²) in [6, 6.07) is 2.74. The number of anilines is 1. The van der Waals surface area contributed by atoms with Crippen LogP contribution >= 0.6 is 0 Å². The van der Waals surface area contributed by atoms with Crippen LogP contribution in [0.15, 0.2) is 12.1 Å². The quantitative estimate of drug-likeness (QED) is 0.879.